The first-order valence-electron chi connectivity index (χ1n) is 5.15. The second kappa shape index (κ2) is 5.92. The number of thioether (sulfide) groups is 1. The maximum atomic E-state index is 11.2. The van der Waals surface area contributed by atoms with Crippen LogP contribution in [-0.4, -0.2) is 28.3 Å². The van der Waals surface area contributed by atoms with Crippen molar-refractivity contribution in [2.75, 3.05) is 7.11 Å². The van der Waals surface area contributed by atoms with E-state index >= 15 is 0 Å². The van der Waals surface area contributed by atoms with Crippen molar-refractivity contribution < 1.29 is 9.53 Å². The van der Waals surface area contributed by atoms with E-state index in [1.807, 2.05) is 13.0 Å². The first kappa shape index (κ1) is 13.0. The number of pyridine rings is 1. The molecule has 0 aliphatic rings. The van der Waals surface area contributed by atoms with E-state index in [0.717, 1.165) is 15.0 Å². The Morgan fingerprint density at radius 1 is 1.44 bits per heavy atom. The van der Waals surface area contributed by atoms with Gasteiger partial charge in [-0.3, -0.25) is 4.98 Å². The summed E-state index contributed by atoms with van der Waals surface area (Å²) in [5.74, 6) is 0.331. The van der Waals surface area contributed by atoms with Crippen LogP contribution in [0.2, 0.25) is 0 Å². The van der Waals surface area contributed by atoms with Crippen LogP contribution in [0.1, 0.15) is 21.1 Å². The molecule has 0 aliphatic heterocycles. The predicted octanol–water partition coefficient (Wildman–Crippen LogP) is 2.32. The van der Waals surface area contributed by atoms with Crippen molar-refractivity contribution in [1.82, 2.24) is 15.2 Å². The Bertz CT molecular complexity index is 539. The Balaban J connectivity index is 1.96. The summed E-state index contributed by atoms with van der Waals surface area (Å²) in [6.07, 6.45) is 1.52. The molecule has 18 heavy (non-hydrogen) atoms. The van der Waals surface area contributed by atoms with E-state index in [0.29, 0.717) is 11.3 Å². The molecule has 0 atom stereocenters. The predicted molar refractivity (Wildman–Crippen MR) is 69.8 cm³/mol. The summed E-state index contributed by atoms with van der Waals surface area (Å²) in [4.78, 5) is 15.4. The maximum Gasteiger partial charge on any atom is 0.339 e. The summed E-state index contributed by atoms with van der Waals surface area (Å²) in [6, 6.07) is 3.52. The molecule has 0 saturated heterocycles. The fourth-order valence-corrected chi connectivity index (χ4v) is 2.95. The average molecular weight is 281 g/mol. The highest BCUT2D eigenvalue weighted by atomic mass is 32.2. The van der Waals surface area contributed by atoms with E-state index < -0.39 is 0 Å². The zero-order chi connectivity index (χ0) is 13.0. The highest BCUT2D eigenvalue weighted by Gasteiger charge is 2.06. The smallest absolute Gasteiger partial charge is 0.339 e. The monoisotopic (exact) mass is 281 g/mol. The Morgan fingerprint density at radius 3 is 2.83 bits per heavy atom. The number of hydrogen-bond donors (Lipinski definition) is 0. The first-order valence-corrected chi connectivity index (χ1v) is 6.95. The maximum absolute atomic E-state index is 11.2. The minimum absolute atomic E-state index is 0.374. The van der Waals surface area contributed by atoms with E-state index in [-0.39, 0.29) is 5.97 Å². The molecule has 0 saturated carbocycles. The molecule has 0 fully saturated rings. The van der Waals surface area contributed by atoms with Gasteiger partial charge in [0.2, 0.25) is 0 Å². The number of carbonyl (C=O) groups excluding carboxylic acids is 1. The summed E-state index contributed by atoms with van der Waals surface area (Å²) in [6.45, 7) is 1.92. The standard InChI is InChI=1S/C11H11N3O2S2/c1-7-13-14-11(18-7)17-6-9-4-3-8(5-12-9)10(15)16-2/h3-5H,6H2,1-2H3. The van der Waals surface area contributed by atoms with E-state index in [2.05, 4.69) is 19.9 Å². The second-order valence-electron chi connectivity index (χ2n) is 3.41. The van der Waals surface area contributed by atoms with Crippen LogP contribution in [0.15, 0.2) is 22.7 Å². The number of nitrogens with zero attached hydrogens (tertiary/aromatic N) is 3. The fourth-order valence-electron chi connectivity index (χ4n) is 1.22. The van der Waals surface area contributed by atoms with Crippen molar-refractivity contribution in [2.45, 2.75) is 17.0 Å². The average Bonchev–Trinajstić information content (AvgIpc) is 2.82. The molecule has 7 heteroatoms. The van der Waals surface area contributed by atoms with Gasteiger partial charge < -0.3 is 4.74 Å². The highest BCUT2D eigenvalue weighted by Crippen LogP contribution is 2.24. The zero-order valence-corrected chi connectivity index (χ0v) is 11.5. The molecule has 2 heterocycles. The first-order chi connectivity index (χ1) is 8.69. The zero-order valence-electron chi connectivity index (χ0n) is 9.91. The minimum Gasteiger partial charge on any atom is -0.465 e. The van der Waals surface area contributed by atoms with Gasteiger partial charge in [0.25, 0.3) is 0 Å². The number of ether oxygens (including phenoxy) is 1. The lowest BCUT2D eigenvalue weighted by Gasteiger charge is -2.00. The molecule has 0 radical (unpaired) electrons. The number of aromatic nitrogens is 3. The number of rotatable bonds is 4. The third-order valence-electron chi connectivity index (χ3n) is 2.10. The van der Waals surface area contributed by atoms with Gasteiger partial charge in [-0.1, -0.05) is 23.1 Å². The van der Waals surface area contributed by atoms with Gasteiger partial charge >= 0.3 is 5.97 Å². The van der Waals surface area contributed by atoms with E-state index in [4.69, 9.17) is 0 Å². The van der Waals surface area contributed by atoms with Gasteiger partial charge in [0, 0.05) is 11.9 Å². The summed E-state index contributed by atoms with van der Waals surface area (Å²) < 4.78 is 5.53. The molecule has 0 bridgehead atoms. The summed E-state index contributed by atoms with van der Waals surface area (Å²) in [5.41, 5.74) is 1.35. The quantitative estimate of drug-likeness (QED) is 0.633. The van der Waals surface area contributed by atoms with Crippen LogP contribution in [0.3, 0.4) is 0 Å². The van der Waals surface area contributed by atoms with Gasteiger partial charge in [-0.25, -0.2) is 4.79 Å². The summed E-state index contributed by atoms with van der Waals surface area (Å²) in [5, 5.41) is 8.91. The number of hydrogen-bond acceptors (Lipinski definition) is 7. The van der Waals surface area contributed by atoms with Gasteiger partial charge in [-0.15, -0.1) is 10.2 Å². The Labute approximate surface area is 113 Å². The molecule has 2 rings (SSSR count). The summed E-state index contributed by atoms with van der Waals surface area (Å²) in [7, 11) is 1.35. The molecule has 0 unspecified atom stereocenters. The number of methoxy groups -OCH3 is 1. The third-order valence-corrected chi connectivity index (χ3v) is 4.10. The topological polar surface area (TPSA) is 65.0 Å². The van der Waals surface area contributed by atoms with Gasteiger partial charge in [0.1, 0.15) is 5.01 Å². The van der Waals surface area contributed by atoms with Crippen molar-refractivity contribution in [1.29, 1.82) is 0 Å². The Morgan fingerprint density at radius 2 is 2.28 bits per heavy atom. The third kappa shape index (κ3) is 3.27. The lowest BCUT2D eigenvalue weighted by Crippen LogP contribution is -2.02. The van der Waals surface area contributed by atoms with Crippen LogP contribution in [0, 0.1) is 6.92 Å². The van der Waals surface area contributed by atoms with Crippen LogP contribution in [0.4, 0.5) is 0 Å². The van der Waals surface area contributed by atoms with Crippen LogP contribution in [0.25, 0.3) is 0 Å². The van der Waals surface area contributed by atoms with Crippen molar-refractivity contribution >= 4 is 29.1 Å². The fraction of sp³-hybridized carbons (Fsp3) is 0.273. The van der Waals surface area contributed by atoms with Crippen molar-refractivity contribution in [3.05, 3.63) is 34.6 Å². The summed E-state index contributed by atoms with van der Waals surface area (Å²) >= 11 is 3.14. The Kier molecular flexibility index (Phi) is 4.27. The molecule has 2 aromatic rings. The SMILES string of the molecule is COC(=O)c1ccc(CSc2nnc(C)s2)nc1. The number of esters is 1. The van der Waals surface area contributed by atoms with Gasteiger partial charge in [-0.05, 0) is 19.1 Å². The largest absolute Gasteiger partial charge is 0.465 e. The molecule has 2 aromatic heterocycles. The molecular formula is C11H11N3O2S2. The second-order valence-corrected chi connectivity index (χ2v) is 5.81. The van der Waals surface area contributed by atoms with Crippen LogP contribution < -0.4 is 0 Å². The molecule has 0 aromatic carbocycles. The minimum atomic E-state index is -0.374. The van der Waals surface area contributed by atoms with E-state index in [1.165, 1.54) is 13.3 Å². The van der Waals surface area contributed by atoms with Crippen molar-refractivity contribution in [3.8, 4) is 0 Å². The molecule has 0 aliphatic carbocycles. The molecule has 5 nitrogen and oxygen atoms in total. The van der Waals surface area contributed by atoms with Crippen LogP contribution in [0.5, 0.6) is 0 Å². The van der Waals surface area contributed by atoms with Gasteiger partial charge in [0.15, 0.2) is 4.34 Å². The lowest BCUT2D eigenvalue weighted by molar-refractivity contribution is 0.0600. The van der Waals surface area contributed by atoms with Crippen LogP contribution in [-0.2, 0) is 10.5 Å². The van der Waals surface area contributed by atoms with E-state index in [1.54, 1.807) is 29.2 Å². The Hall–Kier alpha value is -1.47. The number of carbonyl (C=O) groups is 1. The molecular weight excluding hydrogens is 270 g/mol. The van der Waals surface area contributed by atoms with Crippen molar-refractivity contribution in [2.24, 2.45) is 0 Å². The molecule has 0 N–H and O–H groups in total. The highest BCUT2D eigenvalue weighted by molar-refractivity contribution is 8.00. The molecule has 0 amide bonds. The normalized spacial score (nSPS) is 10.3. The van der Waals surface area contributed by atoms with Gasteiger partial charge in [0.05, 0.1) is 18.4 Å². The van der Waals surface area contributed by atoms with Crippen LogP contribution >= 0.6 is 23.1 Å². The lowest BCUT2D eigenvalue weighted by atomic mass is 10.2. The molecule has 0 spiro atoms. The van der Waals surface area contributed by atoms with Crippen molar-refractivity contribution in [3.63, 3.8) is 0 Å². The molecule has 94 valence electrons. The van der Waals surface area contributed by atoms with E-state index in [9.17, 15) is 4.79 Å². The number of aryl methyl sites for hydroxylation is 1. The van der Waals surface area contributed by atoms with Gasteiger partial charge in [-0.2, -0.15) is 0 Å².